The number of rotatable bonds is 3. The predicted octanol–water partition coefficient (Wildman–Crippen LogP) is 0.683. The van der Waals surface area contributed by atoms with Crippen LogP contribution in [0.15, 0.2) is 0 Å². The summed E-state index contributed by atoms with van der Waals surface area (Å²) in [4.78, 5) is 39.5. The fourth-order valence-electron chi connectivity index (χ4n) is 3.43. The van der Waals surface area contributed by atoms with E-state index in [-0.39, 0.29) is 17.9 Å². The number of urea groups is 1. The Hall–Kier alpha value is -1.79. The first-order valence-corrected chi connectivity index (χ1v) is 8.34. The molecular formula is C16H28N4O3. The smallest absolute Gasteiger partial charge is 0.312 e. The minimum absolute atomic E-state index is 0.0949. The van der Waals surface area contributed by atoms with Gasteiger partial charge in [-0.05, 0) is 24.7 Å². The maximum atomic E-state index is 12.7. The van der Waals surface area contributed by atoms with Crippen molar-refractivity contribution in [3.05, 3.63) is 0 Å². The summed E-state index contributed by atoms with van der Waals surface area (Å²) in [5.74, 6) is 0.139. The standard InChI is InChI=1S/C16H28N4O3/c1-16(2,3)13(18-15(17)23)14(22)19-9-6-11(7-10-19)20-8-4-5-12(20)21/h11,13H,4-10H2,1-3H3,(H3,17,18,23). The Kier molecular flexibility index (Phi) is 5.16. The number of piperidine rings is 1. The van der Waals surface area contributed by atoms with Gasteiger partial charge in [0.15, 0.2) is 0 Å². The zero-order valence-corrected chi connectivity index (χ0v) is 14.3. The SMILES string of the molecule is CC(C)(C)C(NC(N)=O)C(=O)N1CCC(N2CCCC2=O)CC1. The molecule has 2 fully saturated rings. The third-order valence-corrected chi connectivity index (χ3v) is 4.73. The van der Waals surface area contributed by atoms with E-state index in [4.69, 9.17) is 5.73 Å². The fraction of sp³-hybridized carbons (Fsp3) is 0.812. The summed E-state index contributed by atoms with van der Waals surface area (Å²) in [6.45, 7) is 7.77. The van der Waals surface area contributed by atoms with Crippen LogP contribution < -0.4 is 11.1 Å². The average molecular weight is 324 g/mol. The van der Waals surface area contributed by atoms with E-state index in [1.165, 1.54) is 0 Å². The fourth-order valence-corrected chi connectivity index (χ4v) is 3.43. The first-order chi connectivity index (χ1) is 10.7. The van der Waals surface area contributed by atoms with E-state index in [1.807, 2.05) is 25.7 Å². The van der Waals surface area contributed by atoms with Crippen molar-refractivity contribution in [2.75, 3.05) is 19.6 Å². The zero-order valence-electron chi connectivity index (χ0n) is 14.3. The van der Waals surface area contributed by atoms with Gasteiger partial charge in [0.25, 0.3) is 0 Å². The van der Waals surface area contributed by atoms with Crippen LogP contribution in [-0.4, -0.2) is 59.4 Å². The van der Waals surface area contributed by atoms with Crippen LogP contribution in [0.5, 0.6) is 0 Å². The third kappa shape index (κ3) is 4.14. The molecule has 0 aromatic rings. The maximum Gasteiger partial charge on any atom is 0.312 e. The molecule has 7 heteroatoms. The Balaban J connectivity index is 1.96. The highest BCUT2D eigenvalue weighted by molar-refractivity contribution is 5.87. The largest absolute Gasteiger partial charge is 0.352 e. The van der Waals surface area contributed by atoms with Gasteiger partial charge in [0.2, 0.25) is 11.8 Å². The van der Waals surface area contributed by atoms with Crippen molar-refractivity contribution in [1.82, 2.24) is 15.1 Å². The van der Waals surface area contributed by atoms with Crippen molar-refractivity contribution in [3.63, 3.8) is 0 Å². The summed E-state index contributed by atoms with van der Waals surface area (Å²) < 4.78 is 0. The van der Waals surface area contributed by atoms with E-state index >= 15 is 0 Å². The monoisotopic (exact) mass is 324 g/mol. The van der Waals surface area contributed by atoms with Gasteiger partial charge in [-0.1, -0.05) is 20.8 Å². The van der Waals surface area contributed by atoms with E-state index in [2.05, 4.69) is 5.32 Å². The molecule has 4 amide bonds. The quantitative estimate of drug-likeness (QED) is 0.799. The summed E-state index contributed by atoms with van der Waals surface area (Å²) in [6, 6.07) is -1.08. The Labute approximate surface area is 137 Å². The molecule has 1 atom stereocenters. The Bertz CT molecular complexity index is 478. The number of nitrogens with zero attached hydrogens (tertiary/aromatic N) is 2. The van der Waals surface area contributed by atoms with Crippen molar-refractivity contribution >= 4 is 17.8 Å². The average Bonchev–Trinajstić information content (AvgIpc) is 2.89. The van der Waals surface area contributed by atoms with Gasteiger partial charge in [-0.25, -0.2) is 4.79 Å². The number of amides is 4. The molecule has 0 aromatic heterocycles. The van der Waals surface area contributed by atoms with Crippen LogP contribution in [0.25, 0.3) is 0 Å². The van der Waals surface area contributed by atoms with Crippen LogP contribution in [0.1, 0.15) is 46.5 Å². The highest BCUT2D eigenvalue weighted by Crippen LogP contribution is 2.25. The molecule has 23 heavy (non-hydrogen) atoms. The number of nitrogens with two attached hydrogens (primary N) is 1. The van der Waals surface area contributed by atoms with E-state index < -0.39 is 17.5 Å². The minimum Gasteiger partial charge on any atom is -0.352 e. The molecule has 0 aliphatic carbocycles. The highest BCUT2D eigenvalue weighted by Gasteiger charge is 2.38. The summed E-state index contributed by atoms with van der Waals surface area (Å²) in [5, 5.41) is 2.57. The van der Waals surface area contributed by atoms with Gasteiger partial charge in [0, 0.05) is 32.1 Å². The van der Waals surface area contributed by atoms with Gasteiger partial charge in [0.05, 0.1) is 0 Å². The zero-order chi connectivity index (χ0) is 17.2. The first-order valence-electron chi connectivity index (χ1n) is 8.34. The lowest BCUT2D eigenvalue weighted by atomic mass is 9.85. The molecule has 3 N–H and O–H groups in total. The molecule has 2 heterocycles. The van der Waals surface area contributed by atoms with Crippen LogP contribution >= 0.6 is 0 Å². The second kappa shape index (κ2) is 6.76. The van der Waals surface area contributed by atoms with Gasteiger partial charge in [-0.15, -0.1) is 0 Å². The van der Waals surface area contributed by atoms with Crippen LogP contribution in [0.4, 0.5) is 4.79 Å². The number of hydrogen-bond donors (Lipinski definition) is 2. The molecule has 0 radical (unpaired) electrons. The maximum absolute atomic E-state index is 12.7. The molecule has 2 aliphatic heterocycles. The van der Waals surface area contributed by atoms with E-state index in [0.29, 0.717) is 19.5 Å². The van der Waals surface area contributed by atoms with E-state index in [1.54, 1.807) is 4.90 Å². The van der Waals surface area contributed by atoms with Crippen LogP contribution in [0.3, 0.4) is 0 Å². The second-order valence-electron chi connectivity index (χ2n) is 7.55. The minimum atomic E-state index is -0.684. The topological polar surface area (TPSA) is 95.7 Å². The molecular weight excluding hydrogens is 296 g/mol. The molecule has 0 spiro atoms. The second-order valence-corrected chi connectivity index (χ2v) is 7.55. The summed E-state index contributed by atoms with van der Waals surface area (Å²) >= 11 is 0. The van der Waals surface area contributed by atoms with Crippen molar-refractivity contribution in [2.24, 2.45) is 11.1 Å². The number of carbonyl (C=O) groups is 3. The van der Waals surface area contributed by atoms with E-state index in [0.717, 1.165) is 25.8 Å². The van der Waals surface area contributed by atoms with E-state index in [9.17, 15) is 14.4 Å². The third-order valence-electron chi connectivity index (χ3n) is 4.73. The summed E-state index contributed by atoms with van der Waals surface area (Å²) in [5.41, 5.74) is 4.80. The molecule has 0 bridgehead atoms. The Morgan fingerprint density at radius 2 is 1.83 bits per heavy atom. The summed E-state index contributed by atoms with van der Waals surface area (Å²) in [7, 11) is 0. The van der Waals surface area contributed by atoms with Crippen molar-refractivity contribution in [1.29, 1.82) is 0 Å². The molecule has 130 valence electrons. The number of primary amides is 1. The van der Waals surface area contributed by atoms with Gasteiger partial charge >= 0.3 is 6.03 Å². The Morgan fingerprint density at radius 3 is 2.26 bits per heavy atom. The van der Waals surface area contributed by atoms with Crippen molar-refractivity contribution in [3.8, 4) is 0 Å². The van der Waals surface area contributed by atoms with Crippen molar-refractivity contribution < 1.29 is 14.4 Å². The molecule has 0 saturated carbocycles. The lowest BCUT2D eigenvalue weighted by Crippen LogP contribution is -2.58. The van der Waals surface area contributed by atoms with Crippen LogP contribution in [0.2, 0.25) is 0 Å². The molecule has 2 aliphatic rings. The number of likely N-dealkylation sites (tertiary alicyclic amines) is 2. The molecule has 7 nitrogen and oxygen atoms in total. The number of carbonyl (C=O) groups excluding carboxylic acids is 3. The highest BCUT2D eigenvalue weighted by atomic mass is 16.2. The molecule has 2 rings (SSSR count). The number of hydrogen-bond acceptors (Lipinski definition) is 3. The van der Waals surface area contributed by atoms with Crippen LogP contribution in [0, 0.1) is 5.41 Å². The van der Waals surface area contributed by atoms with Gasteiger partial charge in [0.1, 0.15) is 6.04 Å². The normalized spacial score (nSPS) is 21.4. The molecule has 2 saturated heterocycles. The summed E-state index contributed by atoms with van der Waals surface area (Å²) in [6.07, 6.45) is 3.18. The predicted molar refractivity (Wildman–Crippen MR) is 86.5 cm³/mol. The number of nitrogens with one attached hydrogen (secondary N) is 1. The lowest BCUT2D eigenvalue weighted by molar-refractivity contribution is -0.138. The Morgan fingerprint density at radius 1 is 1.22 bits per heavy atom. The van der Waals surface area contributed by atoms with Gasteiger partial charge < -0.3 is 20.9 Å². The lowest BCUT2D eigenvalue weighted by Gasteiger charge is -2.40. The first kappa shape index (κ1) is 17.6. The van der Waals surface area contributed by atoms with Crippen LogP contribution in [-0.2, 0) is 9.59 Å². The molecule has 0 aromatic carbocycles. The van der Waals surface area contributed by atoms with Gasteiger partial charge in [-0.2, -0.15) is 0 Å². The van der Waals surface area contributed by atoms with Gasteiger partial charge in [-0.3, -0.25) is 9.59 Å². The molecule has 1 unspecified atom stereocenters. The van der Waals surface area contributed by atoms with Crippen molar-refractivity contribution in [2.45, 2.75) is 58.5 Å².